The van der Waals surface area contributed by atoms with Crippen molar-refractivity contribution in [1.82, 2.24) is 4.90 Å². The summed E-state index contributed by atoms with van der Waals surface area (Å²) < 4.78 is 4.91. The van der Waals surface area contributed by atoms with Gasteiger partial charge in [0.25, 0.3) is 11.1 Å². The molecule has 1 aromatic rings. The molecule has 2 amide bonds. The van der Waals surface area contributed by atoms with E-state index < -0.39 is 28.6 Å². The zero-order chi connectivity index (χ0) is 17.1. The van der Waals surface area contributed by atoms with E-state index in [-0.39, 0.29) is 16.0 Å². The van der Waals surface area contributed by atoms with Crippen LogP contribution in [0.25, 0.3) is 6.08 Å². The maximum atomic E-state index is 12.2. The summed E-state index contributed by atoms with van der Waals surface area (Å²) in [6.07, 6.45) is 1.06. The molecule has 0 N–H and O–H groups in total. The number of hydrogen-bond donors (Lipinski definition) is 0. The highest BCUT2D eigenvalue weighted by Crippen LogP contribution is 2.34. The number of thiophene rings is 1. The number of esters is 1. The van der Waals surface area contributed by atoms with Gasteiger partial charge in [-0.25, -0.2) is 0 Å². The second-order valence-electron chi connectivity index (χ2n) is 4.74. The highest BCUT2D eigenvalue weighted by Gasteiger charge is 2.37. The van der Waals surface area contributed by atoms with Gasteiger partial charge in [0.15, 0.2) is 0 Å². The molecular weight excluding hydrogens is 344 g/mol. The number of nitro groups is 1. The molecule has 1 aromatic heterocycles. The molecule has 122 valence electrons. The van der Waals surface area contributed by atoms with Crippen LogP contribution in [0.5, 0.6) is 0 Å². The van der Waals surface area contributed by atoms with E-state index in [0.717, 1.165) is 16.2 Å². The van der Waals surface area contributed by atoms with E-state index >= 15 is 0 Å². The molecule has 0 atom stereocenters. The summed E-state index contributed by atoms with van der Waals surface area (Å²) in [6.45, 7) is 2.87. The largest absolute Gasteiger partial charge is 0.462 e. The van der Waals surface area contributed by atoms with Crippen molar-refractivity contribution in [2.75, 3.05) is 6.54 Å². The van der Waals surface area contributed by atoms with Crippen molar-refractivity contribution in [2.24, 2.45) is 0 Å². The fourth-order valence-electron chi connectivity index (χ4n) is 1.71. The Morgan fingerprint density at radius 3 is 2.70 bits per heavy atom. The van der Waals surface area contributed by atoms with Gasteiger partial charge >= 0.3 is 11.0 Å². The molecule has 10 heteroatoms. The molecule has 0 saturated carbocycles. The zero-order valence-corrected chi connectivity index (χ0v) is 13.8. The average molecular weight is 356 g/mol. The van der Waals surface area contributed by atoms with Crippen molar-refractivity contribution >= 4 is 51.3 Å². The molecule has 0 bridgehead atoms. The quantitative estimate of drug-likeness (QED) is 0.345. The first kappa shape index (κ1) is 17.2. The minimum atomic E-state index is -0.671. The lowest BCUT2D eigenvalue weighted by atomic mass is 10.3. The summed E-state index contributed by atoms with van der Waals surface area (Å²) in [6, 6.07) is 2.81. The summed E-state index contributed by atoms with van der Waals surface area (Å²) in [5, 5.41) is 10.0. The van der Waals surface area contributed by atoms with E-state index in [0.29, 0.717) is 16.6 Å². The van der Waals surface area contributed by atoms with E-state index in [9.17, 15) is 24.5 Å². The van der Waals surface area contributed by atoms with E-state index in [1.807, 2.05) is 0 Å². The van der Waals surface area contributed by atoms with Crippen LogP contribution in [0.3, 0.4) is 0 Å². The second kappa shape index (κ2) is 6.92. The van der Waals surface area contributed by atoms with Gasteiger partial charge in [-0.2, -0.15) is 0 Å². The van der Waals surface area contributed by atoms with E-state index in [2.05, 4.69) is 0 Å². The van der Waals surface area contributed by atoms with Crippen LogP contribution in [-0.4, -0.2) is 39.6 Å². The lowest BCUT2D eigenvalue weighted by Crippen LogP contribution is -2.35. The van der Waals surface area contributed by atoms with Crippen molar-refractivity contribution in [3.05, 3.63) is 32.0 Å². The Labute approximate surface area is 139 Å². The van der Waals surface area contributed by atoms with Crippen molar-refractivity contribution in [1.29, 1.82) is 0 Å². The predicted molar refractivity (Wildman–Crippen MR) is 84.9 cm³/mol. The Balaban J connectivity index is 2.12. The number of ether oxygens (including phenoxy) is 1. The van der Waals surface area contributed by atoms with Gasteiger partial charge in [-0.05, 0) is 37.8 Å². The van der Waals surface area contributed by atoms with Gasteiger partial charge in [-0.15, -0.1) is 0 Å². The second-order valence-corrected chi connectivity index (χ2v) is 6.83. The standard InChI is InChI=1S/C13H12N2O6S2/c1-7(2)21-11(16)6-14-12(17)9(23-13(14)18)5-8-3-4-10(22-8)15(19)20/h3-5,7H,6H2,1-2H3/b9-5-. The van der Waals surface area contributed by atoms with Crippen LogP contribution in [0, 0.1) is 10.1 Å². The molecule has 2 rings (SSSR count). The van der Waals surface area contributed by atoms with Crippen molar-refractivity contribution < 1.29 is 24.0 Å². The fourth-order valence-corrected chi connectivity index (χ4v) is 3.38. The lowest BCUT2D eigenvalue weighted by molar-refractivity contribution is -0.380. The first-order chi connectivity index (χ1) is 10.8. The van der Waals surface area contributed by atoms with Gasteiger partial charge < -0.3 is 4.74 Å². The third-order valence-electron chi connectivity index (χ3n) is 2.59. The van der Waals surface area contributed by atoms with Crippen molar-refractivity contribution in [3.63, 3.8) is 0 Å². The summed E-state index contributed by atoms with van der Waals surface area (Å²) >= 11 is 1.57. The topological polar surface area (TPSA) is 107 Å². The number of rotatable bonds is 5. The number of thioether (sulfide) groups is 1. The van der Waals surface area contributed by atoms with E-state index in [4.69, 9.17) is 4.74 Å². The van der Waals surface area contributed by atoms with Crippen LogP contribution in [0.4, 0.5) is 9.80 Å². The molecule has 1 aliphatic heterocycles. The van der Waals surface area contributed by atoms with Crippen LogP contribution in [0.15, 0.2) is 17.0 Å². The smallest absolute Gasteiger partial charge is 0.326 e. The Kier molecular flexibility index (Phi) is 5.16. The van der Waals surface area contributed by atoms with Crippen LogP contribution in [0.1, 0.15) is 18.7 Å². The lowest BCUT2D eigenvalue weighted by Gasteiger charge is -2.13. The molecule has 2 heterocycles. The first-order valence-electron chi connectivity index (χ1n) is 6.47. The molecule has 1 aliphatic rings. The summed E-state index contributed by atoms with van der Waals surface area (Å²) in [4.78, 5) is 47.1. The van der Waals surface area contributed by atoms with Gasteiger partial charge in [0.2, 0.25) is 0 Å². The molecule has 1 fully saturated rings. The SMILES string of the molecule is CC(C)OC(=O)CN1C(=O)S/C(=C\c2ccc([N+](=O)[O-])s2)C1=O. The third kappa shape index (κ3) is 4.17. The van der Waals surface area contributed by atoms with Gasteiger partial charge in [0.05, 0.1) is 15.9 Å². The Morgan fingerprint density at radius 1 is 1.43 bits per heavy atom. The molecule has 23 heavy (non-hydrogen) atoms. The molecule has 8 nitrogen and oxygen atoms in total. The van der Waals surface area contributed by atoms with E-state index in [1.165, 1.54) is 18.2 Å². The number of imide groups is 1. The monoisotopic (exact) mass is 356 g/mol. The summed E-state index contributed by atoms with van der Waals surface area (Å²) in [5.41, 5.74) is 0. The number of carbonyl (C=O) groups excluding carboxylic acids is 3. The Hall–Kier alpha value is -2.20. The molecule has 0 spiro atoms. The van der Waals surface area contributed by atoms with Crippen LogP contribution in [-0.2, 0) is 14.3 Å². The first-order valence-corrected chi connectivity index (χ1v) is 8.10. The number of hydrogen-bond acceptors (Lipinski definition) is 8. The fraction of sp³-hybridized carbons (Fsp3) is 0.308. The molecule has 1 saturated heterocycles. The highest BCUT2D eigenvalue weighted by molar-refractivity contribution is 8.18. The van der Waals surface area contributed by atoms with Crippen LogP contribution in [0.2, 0.25) is 0 Å². The van der Waals surface area contributed by atoms with E-state index in [1.54, 1.807) is 13.8 Å². The molecule has 0 aliphatic carbocycles. The maximum absolute atomic E-state index is 12.2. The minimum absolute atomic E-state index is 0.0593. The third-order valence-corrected chi connectivity index (χ3v) is 4.49. The van der Waals surface area contributed by atoms with Gasteiger partial charge in [-0.1, -0.05) is 11.3 Å². The summed E-state index contributed by atoms with van der Waals surface area (Å²) in [5.74, 6) is -1.29. The Bertz CT molecular complexity index is 709. The summed E-state index contributed by atoms with van der Waals surface area (Å²) in [7, 11) is 0. The molecule has 0 radical (unpaired) electrons. The van der Waals surface area contributed by atoms with Gasteiger partial charge in [0.1, 0.15) is 6.54 Å². The van der Waals surface area contributed by atoms with Gasteiger partial charge in [-0.3, -0.25) is 29.4 Å². The minimum Gasteiger partial charge on any atom is -0.462 e. The predicted octanol–water partition coefficient (Wildman–Crippen LogP) is 2.64. The van der Waals surface area contributed by atoms with Crippen LogP contribution >= 0.6 is 23.1 Å². The normalized spacial score (nSPS) is 16.5. The molecule has 0 aromatic carbocycles. The maximum Gasteiger partial charge on any atom is 0.326 e. The molecular formula is C13H12N2O6S2. The zero-order valence-electron chi connectivity index (χ0n) is 12.2. The molecule has 0 unspecified atom stereocenters. The van der Waals surface area contributed by atoms with Crippen molar-refractivity contribution in [2.45, 2.75) is 20.0 Å². The highest BCUT2D eigenvalue weighted by atomic mass is 32.2. The Morgan fingerprint density at radius 2 is 2.13 bits per heavy atom. The average Bonchev–Trinajstić information content (AvgIpc) is 2.99. The van der Waals surface area contributed by atoms with Crippen molar-refractivity contribution in [3.8, 4) is 0 Å². The van der Waals surface area contributed by atoms with Gasteiger partial charge in [0, 0.05) is 10.9 Å². The number of nitrogens with zero attached hydrogens (tertiary/aromatic N) is 2. The number of amides is 2. The van der Waals surface area contributed by atoms with Crippen LogP contribution < -0.4 is 0 Å². The number of carbonyl (C=O) groups is 3.